The predicted molar refractivity (Wildman–Crippen MR) is 117 cm³/mol. The molecule has 0 saturated heterocycles. The van der Waals surface area contributed by atoms with E-state index in [1.807, 2.05) is 31.2 Å². The monoisotopic (exact) mass is 484 g/mol. The first-order valence-electron chi connectivity index (χ1n) is 8.93. The first-order chi connectivity index (χ1) is 13.6. The molecule has 158 valence electrons. The van der Waals surface area contributed by atoms with Gasteiger partial charge in [0.25, 0.3) is 5.91 Å². The van der Waals surface area contributed by atoms with Crippen molar-refractivity contribution in [1.29, 1.82) is 0 Å². The minimum atomic E-state index is -3.59. The number of carbonyl (C=O) groups excluding carboxylic acids is 1. The van der Waals surface area contributed by atoms with E-state index in [0.29, 0.717) is 11.5 Å². The summed E-state index contributed by atoms with van der Waals surface area (Å²) in [5.74, 6) is 0.140. The summed E-state index contributed by atoms with van der Waals surface area (Å²) in [5.41, 5.74) is 1.30. The lowest BCUT2D eigenvalue weighted by Crippen LogP contribution is -2.32. The molecule has 0 radical (unpaired) electrons. The molecule has 2 aromatic carbocycles. The maximum Gasteiger partial charge on any atom is 0.254 e. The van der Waals surface area contributed by atoms with Crippen molar-refractivity contribution < 1.29 is 22.7 Å². The molecule has 29 heavy (non-hydrogen) atoms. The zero-order chi connectivity index (χ0) is 21.8. The fraction of sp³-hybridized carbons (Fsp3) is 0.350. The van der Waals surface area contributed by atoms with Crippen molar-refractivity contribution in [2.24, 2.45) is 0 Å². The van der Waals surface area contributed by atoms with E-state index in [1.54, 1.807) is 6.92 Å². The molecular formula is C20H25BrN2O5S. The van der Waals surface area contributed by atoms with Gasteiger partial charge in [-0.15, -0.1) is 0 Å². The van der Waals surface area contributed by atoms with Crippen LogP contribution in [0.15, 0.2) is 40.9 Å². The van der Waals surface area contributed by atoms with E-state index in [9.17, 15) is 13.2 Å². The zero-order valence-corrected chi connectivity index (χ0v) is 19.4. The van der Waals surface area contributed by atoms with E-state index in [1.165, 1.54) is 33.4 Å². The number of hydrogen-bond donors (Lipinski definition) is 1. The Bertz CT molecular complexity index is 977. The van der Waals surface area contributed by atoms with Gasteiger partial charge in [-0.1, -0.05) is 28.1 Å². The van der Waals surface area contributed by atoms with Crippen molar-refractivity contribution in [3.05, 3.63) is 52.0 Å². The molecule has 7 nitrogen and oxygen atoms in total. The number of amides is 1. The second-order valence-electron chi connectivity index (χ2n) is 6.34. The smallest absolute Gasteiger partial charge is 0.254 e. The molecule has 0 aliphatic heterocycles. The number of methoxy groups -OCH3 is 2. The molecule has 0 aromatic heterocycles. The van der Waals surface area contributed by atoms with Gasteiger partial charge in [0, 0.05) is 17.6 Å². The summed E-state index contributed by atoms with van der Waals surface area (Å²) >= 11 is 3.39. The maximum atomic E-state index is 13.1. The lowest BCUT2D eigenvalue weighted by atomic mass is 10.1. The van der Waals surface area contributed by atoms with E-state index < -0.39 is 15.9 Å². The van der Waals surface area contributed by atoms with Gasteiger partial charge in [0.05, 0.1) is 37.3 Å². The fourth-order valence-electron chi connectivity index (χ4n) is 2.76. The third kappa shape index (κ3) is 5.22. The second kappa shape index (κ2) is 9.49. The number of ether oxygens (including phenoxy) is 2. The Balaban J connectivity index is 2.48. The Kier molecular flexibility index (Phi) is 7.54. The van der Waals surface area contributed by atoms with Crippen LogP contribution in [0.1, 0.15) is 35.8 Å². The summed E-state index contributed by atoms with van der Waals surface area (Å²) in [6.07, 6.45) is 0. The van der Waals surface area contributed by atoms with E-state index in [4.69, 9.17) is 9.47 Å². The third-order valence-electron chi connectivity index (χ3n) is 4.59. The lowest BCUT2D eigenvalue weighted by molar-refractivity contribution is 0.0940. The minimum absolute atomic E-state index is 0.103. The molecule has 0 aliphatic rings. The first kappa shape index (κ1) is 23.0. The Hall–Kier alpha value is -2.26. The van der Waals surface area contributed by atoms with E-state index in [2.05, 4.69) is 21.2 Å². The highest BCUT2D eigenvalue weighted by Gasteiger charge is 2.25. The van der Waals surface area contributed by atoms with E-state index in [-0.39, 0.29) is 23.0 Å². The van der Waals surface area contributed by atoms with Crippen LogP contribution < -0.4 is 19.1 Å². The molecule has 0 aliphatic carbocycles. The van der Waals surface area contributed by atoms with E-state index in [0.717, 1.165) is 14.3 Å². The number of anilines is 1. The Labute approximate surface area is 180 Å². The van der Waals surface area contributed by atoms with Gasteiger partial charge in [-0.3, -0.25) is 9.10 Å². The van der Waals surface area contributed by atoms with Crippen molar-refractivity contribution in [3.8, 4) is 11.5 Å². The number of nitrogens with one attached hydrogen (secondary N) is 1. The van der Waals surface area contributed by atoms with Crippen LogP contribution in [-0.4, -0.2) is 41.3 Å². The zero-order valence-electron chi connectivity index (χ0n) is 17.0. The molecule has 1 unspecified atom stereocenters. The molecule has 2 aromatic rings. The van der Waals surface area contributed by atoms with Crippen molar-refractivity contribution in [2.75, 3.05) is 31.3 Å². The normalized spacial score (nSPS) is 12.2. The number of nitrogens with zero attached hydrogens (tertiary/aromatic N) is 1. The summed E-state index contributed by atoms with van der Waals surface area (Å²) in [6, 6.07) is 10.3. The van der Waals surface area contributed by atoms with Gasteiger partial charge in [0.2, 0.25) is 10.0 Å². The Morgan fingerprint density at radius 3 is 2.21 bits per heavy atom. The van der Waals surface area contributed by atoms with Crippen LogP contribution in [0.3, 0.4) is 0 Å². The number of sulfonamides is 1. The summed E-state index contributed by atoms with van der Waals surface area (Å²) in [6.45, 7) is 3.40. The van der Waals surface area contributed by atoms with Crippen LogP contribution in [0.5, 0.6) is 11.5 Å². The number of rotatable bonds is 8. The predicted octanol–water partition coefficient (Wildman–Crippen LogP) is 3.74. The number of carbonyl (C=O) groups is 1. The third-order valence-corrected chi connectivity index (χ3v) is 6.87. The Morgan fingerprint density at radius 2 is 1.69 bits per heavy atom. The highest BCUT2D eigenvalue weighted by atomic mass is 79.9. The van der Waals surface area contributed by atoms with Crippen molar-refractivity contribution in [3.63, 3.8) is 0 Å². The first-order valence-corrected chi connectivity index (χ1v) is 11.3. The molecule has 0 bridgehead atoms. The highest BCUT2D eigenvalue weighted by Crippen LogP contribution is 2.36. The van der Waals surface area contributed by atoms with Crippen LogP contribution in [0.2, 0.25) is 0 Å². The van der Waals surface area contributed by atoms with Crippen molar-refractivity contribution in [1.82, 2.24) is 5.32 Å². The number of hydrogen-bond acceptors (Lipinski definition) is 5. The largest absolute Gasteiger partial charge is 0.493 e. The molecule has 1 amide bonds. The summed E-state index contributed by atoms with van der Waals surface area (Å²) < 4.78 is 37.5. The summed E-state index contributed by atoms with van der Waals surface area (Å²) in [5, 5.41) is 2.91. The number of benzene rings is 2. The van der Waals surface area contributed by atoms with Crippen molar-refractivity contribution >= 4 is 37.5 Å². The van der Waals surface area contributed by atoms with Crippen molar-refractivity contribution in [2.45, 2.75) is 19.9 Å². The molecule has 2 rings (SSSR count). The molecule has 1 atom stereocenters. The molecule has 9 heteroatoms. The quantitative estimate of drug-likeness (QED) is 0.616. The van der Waals surface area contributed by atoms with Crippen LogP contribution in [-0.2, 0) is 10.0 Å². The lowest BCUT2D eigenvalue weighted by Gasteiger charge is -2.24. The fourth-order valence-corrected chi connectivity index (χ4v) is 3.87. The Morgan fingerprint density at radius 1 is 1.14 bits per heavy atom. The van der Waals surface area contributed by atoms with Gasteiger partial charge in [0.1, 0.15) is 0 Å². The molecule has 0 heterocycles. The average Bonchev–Trinajstić information content (AvgIpc) is 2.72. The topological polar surface area (TPSA) is 84.9 Å². The van der Waals surface area contributed by atoms with Gasteiger partial charge in [-0.05, 0) is 37.6 Å². The van der Waals surface area contributed by atoms with Gasteiger partial charge in [0.15, 0.2) is 11.5 Å². The molecular weight excluding hydrogens is 460 g/mol. The van der Waals surface area contributed by atoms with E-state index >= 15 is 0 Å². The molecule has 0 spiro atoms. The van der Waals surface area contributed by atoms with Gasteiger partial charge in [-0.2, -0.15) is 0 Å². The van der Waals surface area contributed by atoms with Gasteiger partial charge >= 0.3 is 0 Å². The molecule has 0 fully saturated rings. The van der Waals surface area contributed by atoms with Crippen LogP contribution >= 0.6 is 15.9 Å². The second-order valence-corrected chi connectivity index (χ2v) is 9.54. The molecule has 1 N–H and O–H groups in total. The van der Waals surface area contributed by atoms with Crippen LogP contribution in [0.4, 0.5) is 5.69 Å². The number of halogens is 1. The highest BCUT2D eigenvalue weighted by molar-refractivity contribution is 9.10. The van der Waals surface area contributed by atoms with Crippen LogP contribution in [0.25, 0.3) is 0 Å². The van der Waals surface area contributed by atoms with Gasteiger partial charge < -0.3 is 14.8 Å². The average molecular weight is 485 g/mol. The SMILES string of the molecule is CCS(=O)(=O)N(C)c1cc(OC)c(OC)cc1C(=O)NC(C)c1ccc(Br)cc1. The maximum absolute atomic E-state index is 13.1. The summed E-state index contributed by atoms with van der Waals surface area (Å²) in [7, 11) is 0.730. The minimum Gasteiger partial charge on any atom is -0.493 e. The summed E-state index contributed by atoms with van der Waals surface area (Å²) in [4.78, 5) is 13.1. The van der Waals surface area contributed by atoms with Gasteiger partial charge in [-0.25, -0.2) is 8.42 Å². The van der Waals surface area contributed by atoms with Crippen LogP contribution in [0, 0.1) is 0 Å². The standard InChI is InChI=1S/C20H25BrN2O5S/c1-6-29(25,26)23(3)17-12-19(28-5)18(27-4)11-16(17)20(24)22-13(2)14-7-9-15(21)10-8-14/h7-13H,6H2,1-5H3,(H,22,24). The molecule has 0 saturated carbocycles.